The van der Waals surface area contributed by atoms with E-state index in [4.69, 9.17) is 21.8 Å². The van der Waals surface area contributed by atoms with Crippen LogP contribution in [0, 0.1) is 10.1 Å². The Kier molecular flexibility index (Phi) is 4.99. The highest BCUT2D eigenvalue weighted by atomic mass is 35.5. The number of aromatic carboxylic acids is 2. The summed E-state index contributed by atoms with van der Waals surface area (Å²) in [5, 5.41) is 30.8. The van der Waals surface area contributed by atoms with Gasteiger partial charge in [0, 0.05) is 17.3 Å². The summed E-state index contributed by atoms with van der Waals surface area (Å²) in [6.45, 7) is 0. The number of nitrogens with one attached hydrogen (secondary N) is 1. The van der Waals surface area contributed by atoms with Crippen molar-refractivity contribution in [1.29, 1.82) is 0 Å². The Hall–Kier alpha value is -3.46. The lowest BCUT2D eigenvalue weighted by Crippen LogP contribution is -2.13. The normalized spacial score (nSPS) is 10.1. The van der Waals surface area contributed by atoms with Crippen LogP contribution in [0.1, 0.15) is 31.1 Å². The van der Waals surface area contributed by atoms with Gasteiger partial charge in [0.15, 0.2) is 0 Å². The van der Waals surface area contributed by atoms with E-state index < -0.39 is 22.8 Å². The molecule has 0 aromatic heterocycles. The van der Waals surface area contributed by atoms with Crippen molar-refractivity contribution in [2.75, 3.05) is 5.32 Å². The van der Waals surface area contributed by atoms with Crippen molar-refractivity contribution in [3.63, 3.8) is 0 Å². The molecule has 2 rings (SSSR count). The monoisotopic (exact) mass is 364 g/mol. The fraction of sp³-hybridized carbons (Fsp3) is 0. The van der Waals surface area contributed by atoms with E-state index in [1.54, 1.807) is 0 Å². The Labute approximate surface area is 144 Å². The molecule has 1 amide bonds. The Morgan fingerprint density at radius 1 is 0.960 bits per heavy atom. The number of carboxylic acids is 2. The van der Waals surface area contributed by atoms with Gasteiger partial charge in [0.2, 0.25) is 0 Å². The number of halogens is 1. The minimum atomic E-state index is -1.36. The average Bonchev–Trinajstić information content (AvgIpc) is 2.53. The number of hydrogen-bond acceptors (Lipinski definition) is 5. The first kappa shape index (κ1) is 17.9. The maximum atomic E-state index is 12.2. The lowest BCUT2D eigenvalue weighted by molar-refractivity contribution is -0.384. The van der Waals surface area contributed by atoms with Gasteiger partial charge in [0.25, 0.3) is 11.6 Å². The van der Waals surface area contributed by atoms with Crippen molar-refractivity contribution < 1.29 is 29.5 Å². The third-order valence-electron chi connectivity index (χ3n) is 3.09. The lowest BCUT2D eigenvalue weighted by atomic mass is 10.1. The van der Waals surface area contributed by atoms with Crippen LogP contribution in [0.2, 0.25) is 5.02 Å². The molecule has 0 aliphatic carbocycles. The molecule has 10 heteroatoms. The molecule has 3 N–H and O–H groups in total. The van der Waals surface area contributed by atoms with Crippen LogP contribution in [0.5, 0.6) is 0 Å². The zero-order chi connectivity index (χ0) is 18.7. The van der Waals surface area contributed by atoms with Crippen LogP contribution < -0.4 is 5.32 Å². The summed E-state index contributed by atoms with van der Waals surface area (Å²) in [5.74, 6) is -3.47. The number of carboxylic acid groups (broad SMARTS) is 2. The average molecular weight is 365 g/mol. The van der Waals surface area contributed by atoms with Gasteiger partial charge in [-0.1, -0.05) is 11.6 Å². The number of hydrogen-bond donors (Lipinski definition) is 3. The molecule has 128 valence electrons. The topological polar surface area (TPSA) is 147 Å². The van der Waals surface area contributed by atoms with Gasteiger partial charge in [-0.3, -0.25) is 14.9 Å². The lowest BCUT2D eigenvalue weighted by Gasteiger charge is -2.08. The van der Waals surface area contributed by atoms with E-state index in [1.165, 1.54) is 6.07 Å². The van der Waals surface area contributed by atoms with E-state index in [9.17, 15) is 24.5 Å². The highest BCUT2D eigenvalue weighted by molar-refractivity contribution is 6.33. The third kappa shape index (κ3) is 4.09. The Morgan fingerprint density at radius 2 is 1.52 bits per heavy atom. The molecule has 2 aromatic rings. The molecule has 0 spiro atoms. The highest BCUT2D eigenvalue weighted by Crippen LogP contribution is 2.25. The van der Waals surface area contributed by atoms with Crippen molar-refractivity contribution in [1.82, 2.24) is 0 Å². The fourth-order valence-electron chi connectivity index (χ4n) is 1.95. The standard InChI is InChI=1S/C15H9ClN2O7/c16-11-6-7(1-2-12(11)18(24)25)13(19)17-10-4-8(14(20)21)3-9(5-10)15(22)23/h1-6H,(H,17,19)(H,20,21)(H,22,23). The number of nitro benzene ring substituents is 1. The first-order valence-corrected chi connectivity index (χ1v) is 6.94. The van der Waals surface area contributed by atoms with E-state index in [-0.39, 0.29) is 33.1 Å². The Morgan fingerprint density at radius 3 is 1.96 bits per heavy atom. The first-order valence-electron chi connectivity index (χ1n) is 6.56. The van der Waals surface area contributed by atoms with E-state index in [0.717, 1.165) is 30.3 Å². The third-order valence-corrected chi connectivity index (χ3v) is 3.39. The SMILES string of the molecule is O=C(O)c1cc(NC(=O)c2ccc([N+](=O)[O-])c(Cl)c2)cc(C(=O)O)c1. The van der Waals surface area contributed by atoms with E-state index in [1.807, 2.05) is 0 Å². The maximum absolute atomic E-state index is 12.2. The van der Waals surface area contributed by atoms with Crippen LogP contribution >= 0.6 is 11.6 Å². The summed E-state index contributed by atoms with van der Waals surface area (Å²) in [6.07, 6.45) is 0. The van der Waals surface area contributed by atoms with Gasteiger partial charge in [-0.15, -0.1) is 0 Å². The van der Waals surface area contributed by atoms with Crippen LogP contribution in [-0.4, -0.2) is 33.0 Å². The summed E-state index contributed by atoms with van der Waals surface area (Å²) in [7, 11) is 0. The Balaban J connectivity index is 2.34. The predicted molar refractivity (Wildman–Crippen MR) is 86.4 cm³/mol. The molecule has 9 nitrogen and oxygen atoms in total. The van der Waals surface area contributed by atoms with Gasteiger partial charge in [-0.25, -0.2) is 9.59 Å². The second-order valence-electron chi connectivity index (χ2n) is 4.79. The van der Waals surface area contributed by atoms with Crippen LogP contribution in [0.4, 0.5) is 11.4 Å². The van der Waals surface area contributed by atoms with Crippen molar-refractivity contribution in [3.8, 4) is 0 Å². The van der Waals surface area contributed by atoms with Crippen LogP contribution in [0.25, 0.3) is 0 Å². The molecule has 0 bridgehead atoms. The molecule has 0 radical (unpaired) electrons. The maximum Gasteiger partial charge on any atom is 0.335 e. The molecule has 0 saturated heterocycles. The Bertz CT molecular complexity index is 878. The molecule has 0 aliphatic rings. The number of carbonyl (C=O) groups excluding carboxylic acids is 1. The molecule has 0 heterocycles. The number of nitro groups is 1. The summed E-state index contributed by atoms with van der Waals surface area (Å²) < 4.78 is 0. The van der Waals surface area contributed by atoms with Gasteiger partial charge in [-0.05, 0) is 30.3 Å². The van der Waals surface area contributed by atoms with Crippen LogP contribution in [0.15, 0.2) is 36.4 Å². The molecule has 25 heavy (non-hydrogen) atoms. The summed E-state index contributed by atoms with van der Waals surface area (Å²) in [6, 6.07) is 6.41. The summed E-state index contributed by atoms with van der Waals surface area (Å²) in [4.78, 5) is 44.3. The number of rotatable bonds is 5. The molecule has 0 fully saturated rings. The van der Waals surface area contributed by atoms with Gasteiger partial charge in [0.05, 0.1) is 16.1 Å². The van der Waals surface area contributed by atoms with Crippen molar-refractivity contribution in [2.45, 2.75) is 0 Å². The molecular formula is C15H9ClN2O7. The molecule has 0 atom stereocenters. The number of carbonyl (C=O) groups is 3. The van der Waals surface area contributed by atoms with Gasteiger partial charge in [-0.2, -0.15) is 0 Å². The quantitative estimate of drug-likeness (QED) is 0.545. The number of amides is 1. The summed E-state index contributed by atoms with van der Waals surface area (Å²) in [5.41, 5.74) is -1.10. The zero-order valence-electron chi connectivity index (χ0n) is 12.2. The molecular weight excluding hydrogens is 356 g/mol. The van der Waals surface area contributed by atoms with Crippen molar-refractivity contribution in [3.05, 3.63) is 68.2 Å². The number of nitrogens with zero attached hydrogens (tertiary/aromatic N) is 1. The highest BCUT2D eigenvalue weighted by Gasteiger charge is 2.17. The summed E-state index contributed by atoms with van der Waals surface area (Å²) >= 11 is 5.73. The molecule has 0 unspecified atom stereocenters. The van der Waals surface area contributed by atoms with Gasteiger partial charge in [0.1, 0.15) is 5.02 Å². The zero-order valence-corrected chi connectivity index (χ0v) is 13.0. The number of anilines is 1. The van der Waals surface area contributed by atoms with Crippen molar-refractivity contribution in [2.24, 2.45) is 0 Å². The predicted octanol–water partition coefficient (Wildman–Crippen LogP) is 2.90. The molecule has 0 aliphatic heterocycles. The molecule has 2 aromatic carbocycles. The van der Waals surface area contributed by atoms with Crippen LogP contribution in [0.3, 0.4) is 0 Å². The fourth-order valence-corrected chi connectivity index (χ4v) is 2.20. The van der Waals surface area contributed by atoms with Crippen LogP contribution in [-0.2, 0) is 0 Å². The van der Waals surface area contributed by atoms with Gasteiger partial charge < -0.3 is 15.5 Å². The van der Waals surface area contributed by atoms with Gasteiger partial charge >= 0.3 is 11.9 Å². The minimum absolute atomic E-state index is 0.0202. The van der Waals surface area contributed by atoms with E-state index >= 15 is 0 Å². The largest absolute Gasteiger partial charge is 0.478 e. The van der Waals surface area contributed by atoms with Crippen molar-refractivity contribution >= 4 is 40.8 Å². The minimum Gasteiger partial charge on any atom is -0.478 e. The second-order valence-corrected chi connectivity index (χ2v) is 5.19. The first-order chi connectivity index (χ1) is 11.7. The molecule has 0 saturated carbocycles. The smallest absolute Gasteiger partial charge is 0.335 e. The van der Waals surface area contributed by atoms with E-state index in [2.05, 4.69) is 5.32 Å². The second kappa shape index (κ2) is 6.97. The number of benzene rings is 2. The van der Waals surface area contributed by atoms with E-state index in [0.29, 0.717) is 0 Å².